The lowest BCUT2D eigenvalue weighted by atomic mass is 10.1. The van der Waals surface area contributed by atoms with E-state index in [2.05, 4.69) is 10.3 Å². The van der Waals surface area contributed by atoms with Crippen LogP contribution in [0.2, 0.25) is 5.02 Å². The number of carbonyl (C=O) groups is 1. The summed E-state index contributed by atoms with van der Waals surface area (Å²) in [5, 5.41) is 4.11. The van der Waals surface area contributed by atoms with Gasteiger partial charge in [0.2, 0.25) is 5.91 Å². The number of methoxy groups -OCH3 is 1. The van der Waals surface area contributed by atoms with E-state index < -0.39 is 0 Å². The third-order valence-corrected chi connectivity index (χ3v) is 5.06. The maximum absolute atomic E-state index is 12.1. The van der Waals surface area contributed by atoms with Crippen LogP contribution in [-0.2, 0) is 11.2 Å². The Morgan fingerprint density at radius 2 is 1.89 bits per heavy atom. The summed E-state index contributed by atoms with van der Waals surface area (Å²) < 4.78 is 10.7. The fourth-order valence-electron chi connectivity index (χ4n) is 2.39. The standard InChI is InChI=1S/C20H19ClN2O3S/c1-25-15-6-8-16(9-7-15)26-11-10-19(24)23-20-22-13-17(27-20)12-14-4-2-3-5-18(14)21/h2-9,13H,10-12H2,1H3,(H,22,23,24). The molecule has 0 atom stereocenters. The lowest BCUT2D eigenvalue weighted by Gasteiger charge is -2.06. The number of anilines is 1. The first kappa shape index (κ1) is 19.2. The molecule has 0 aliphatic heterocycles. The van der Waals surface area contributed by atoms with Crippen LogP contribution < -0.4 is 14.8 Å². The van der Waals surface area contributed by atoms with Gasteiger partial charge in [0.05, 0.1) is 20.1 Å². The minimum atomic E-state index is -0.137. The molecule has 0 saturated heterocycles. The van der Waals surface area contributed by atoms with Crippen molar-refractivity contribution in [2.45, 2.75) is 12.8 Å². The molecule has 1 amide bonds. The Labute approximate surface area is 166 Å². The smallest absolute Gasteiger partial charge is 0.229 e. The quantitative estimate of drug-likeness (QED) is 0.587. The normalized spacial score (nSPS) is 10.4. The van der Waals surface area contributed by atoms with E-state index in [1.807, 2.05) is 36.4 Å². The van der Waals surface area contributed by atoms with E-state index in [-0.39, 0.29) is 18.9 Å². The Kier molecular flexibility index (Phi) is 6.68. The van der Waals surface area contributed by atoms with Gasteiger partial charge in [0.25, 0.3) is 0 Å². The first-order chi connectivity index (χ1) is 13.1. The molecule has 0 fully saturated rings. The summed E-state index contributed by atoms with van der Waals surface area (Å²) in [6, 6.07) is 14.9. The van der Waals surface area contributed by atoms with Gasteiger partial charge in [-0.25, -0.2) is 4.98 Å². The molecule has 0 radical (unpaired) electrons. The number of benzene rings is 2. The molecule has 3 aromatic rings. The molecule has 0 unspecified atom stereocenters. The number of ether oxygens (including phenoxy) is 2. The molecule has 27 heavy (non-hydrogen) atoms. The van der Waals surface area contributed by atoms with Gasteiger partial charge < -0.3 is 14.8 Å². The van der Waals surface area contributed by atoms with Crippen LogP contribution in [0, 0.1) is 0 Å². The van der Waals surface area contributed by atoms with E-state index in [1.54, 1.807) is 25.4 Å². The summed E-state index contributed by atoms with van der Waals surface area (Å²) in [5.41, 5.74) is 1.04. The number of carbonyl (C=O) groups excluding carboxylic acids is 1. The Balaban J connectivity index is 1.45. The second kappa shape index (κ2) is 9.39. The van der Waals surface area contributed by atoms with Crippen LogP contribution in [0.15, 0.2) is 54.7 Å². The third-order valence-electron chi connectivity index (χ3n) is 3.78. The zero-order valence-electron chi connectivity index (χ0n) is 14.8. The zero-order chi connectivity index (χ0) is 19.1. The monoisotopic (exact) mass is 402 g/mol. The lowest BCUT2D eigenvalue weighted by Crippen LogP contribution is -2.14. The molecule has 0 aliphatic rings. The maximum Gasteiger partial charge on any atom is 0.229 e. The van der Waals surface area contributed by atoms with Crippen molar-refractivity contribution in [2.24, 2.45) is 0 Å². The molecule has 140 valence electrons. The van der Waals surface area contributed by atoms with Crippen LogP contribution >= 0.6 is 22.9 Å². The largest absolute Gasteiger partial charge is 0.497 e. The Hall–Kier alpha value is -2.57. The fraction of sp³-hybridized carbons (Fsp3) is 0.200. The SMILES string of the molecule is COc1ccc(OCCC(=O)Nc2ncc(Cc3ccccc3Cl)s2)cc1. The van der Waals surface area contributed by atoms with Crippen molar-refractivity contribution in [1.29, 1.82) is 0 Å². The molecular weight excluding hydrogens is 384 g/mol. The van der Waals surface area contributed by atoms with E-state index >= 15 is 0 Å². The van der Waals surface area contributed by atoms with Gasteiger partial charge in [-0.15, -0.1) is 11.3 Å². The van der Waals surface area contributed by atoms with Crippen LogP contribution in [-0.4, -0.2) is 24.6 Å². The number of aromatic nitrogens is 1. The van der Waals surface area contributed by atoms with E-state index in [1.165, 1.54) is 11.3 Å². The number of thiazole rings is 1. The van der Waals surface area contributed by atoms with Crippen LogP contribution in [0.3, 0.4) is 0 Å². The summed E-state index contributed by atoms with van der Waals surface area (Å²) >= 11 is 7.63. The zero-order valence-corrected chi connectivity index (χ0v) is 16.3. The van der Waals surface area contributed by atoms with Crippen LogP contribution in [0.25, 0.3) is 0 Å². The van der Waals surface area contributed by atoms with Crippen molar-refractivity contribution in [1.82, 2.24) is 4.98 Å². The third kappa shape index (κ3) is 5.70. The van der Waals surface area contributed by atoms with Crippen molar-refractivity contribution in [3.05, 3.63) is 70.2 Å². The van der Waals surface area contributed by atoms with Gasteiger partial charge in [-0.05, 0) is 35.9 Å². The van der Waals surface area contributed by atoms with Crippen molar-refractivity contribution in [3.8, 4) is 11.5 Å². The number of amides is 1. The average Bonchev–Trinajstić information content (AvgIpc) is 3.11. The molecule has 1 N–H and O–H groups in total. The van der Waals surface area contributed by atoms with Crippen molar-refractivity contribution in [2.75, 3.05) is 19.0 Å². The Morgan fingerprint density at radius 1 is 1.15 bits per heavy atom. The Morgan fingerprint density at radius 3 is 2.63 bits per heavy atom. The molecule has 0 spiro atoms. The first-order valence-electron chi connectivity index (χ1n) is 8.39. The van der Waals surface area contributed by atoms with Crippen LogP contribution in [0.4, 0.5) is 5.13 Å². The summed E-state index contributed by atoms with van der Waals surface area (Å²) in [7, 11) is 1.61. The van der Waals surface area contributed by atoms with Crippen molar-refractivity contribution >= 4 is 34.0 Å². The van der Waals surface area contributed by atoms with Crippen LogP contribution in [0.5, 0.6) is 11.5 Å². The van der Waals surface area contributed by atoms with Gasteiger partial charge in [0, 0.05) is 22.5 Å². The molecule has 0 aliphatic carbocycles. The van der Waals surface area contributed by atoms with Crippen molar-refractivity contribution in [3.63, 3.8) is 0 Å². The number of hydrogen-bond acceptors (Lipinski definition) is 5. The van der Waals surface area contributed by atoms with Gasteiger partial charge >= 0.3 is 0 Å². The molecule has 7 heteroatoms. The van der Waals surface area contributed by atoms with Crippen molar-refractivity contribution < 1.29 is 14.3 Å². The summed E-state index contributed by atoms with van der Waals surface area (Å²) in [4.78, 5) is 17.4. The predicted octanol–water partition coefficient (Wildman–Crippen LogP) is 4.80. The highest BCUT2D eigenvalue weighted by atomic mass is 35.5. The van der Waals surface area contributed by atoms with Crippen LogP contribution in [0.1, 0.15) is 16.9 Å². The topological polar surface area (TPSA) is 60.5 Å². The molecule has 5 nitrogen and oxygen atoms in total. The van der Waals surface area contributed by atoms with Gasteiger partial charge in [-0.1, -0.05) is 29.8 Å². The minimum Gasteiger partial charge on any atom is -0.497 e. The second-order valence-corrected chi connectivity index (χ2v) is 7.24. The predicted molar refractivity (Wildman–Crippen MR) is 108 cm³/mol. The summed E-state index contributed by atoms with van der Waals surface area (Å²) in [6.07, 6.45) is 2.69. The highest BCUT2D eigenvalue weighted by molar-refractivity contribution is 7.15. The summed E-state index contributed by atoms with van der Waals surface area (Å²) in [6.45, 7) is 0.288. The van der Waals surface area contributed by atoms with Gasteiger partial charge in [-0.2, -0.15) is 0 Å². The molecule has 1 heterocycles. The number of nitrogens with zero attached hydrogens (tertiary/aromatic N) is 1. The molecule has 1 aromatic heterocycles. The second-order valence-electron chi connectivity index (χ2n) is 5.72. The highest BCUT2D eigenvalue weighted by Crippen LogP contribution is 2.24. The molecule has 2 aromatic carbocycles. The highest BCUT2D eigenvalue weighted by Gasteiger charge is 2.09. The first-order valence-corrected chi connectivity index (χ1v) is 9.58. The van der Waals surface area contributed by atoms with E-state index in [4.69, 9.17) is 21.1 Å². The molecule has 3 rings (SSSR count). The number of nitrogens with one attached hydrogen (secondary N) is 1. The maximum atomic E-state index is 12.1. The van der Waals surface area contributed by atoms with Gasteiger partial charge in [0.1, 0.15) is 11.5 Å². The number of hydrogen-bond donors (Lipinski definition) is 1. The van der Waals surface area contributed by atoms with E-state index in [9.17, 15) is 4.79 Å². The molecular formula is C20H19ClN2O3S. The minimum absolute atomic E-state index is 0.137. The van der Waals surface area contributed by atoms with E-state index in [0.29, 0.717) is 17.3 Å². The number of rotatable bonds is 8. The fourth-order valence-corrected chi connectivity index (χ4v) is 3.45. The number of halogens is 1. The average molecular weight is 403 g/mol. The lowest BCUT2D eigenvalue weighted by molar-refractivity contribution is -0.116. The molecule has 0 bridgehead atoms. The van der Waals surface area contributed by atoms with E-state index in [0.717, 1.165) is 21.2 Å². The van der Waals surface area contributed by atoms with Gasteiger partial charge in [0.15, 0.2) is 5.13 Å². The Bertz CT molecular complexity index is 896. The molecule has 0 saturated carbocycles. The van der Waals surface area contributed by atoms with Gasteiger partial charge in [-0.3, -0.25) is 4.79 Å². The summed E-state index contributed by atoms with van der Waals surface area (Å²) in [5.74, 6) is 1.32.